The Morgan fingerprint density at radius 1 is 1.13 bits per heavy atom. The monoisotopic (exact) mass is 336 g/mol. The first-order chi connectivity index (χ1) is 11.0. The smallest absolute Gasteiger partial charge is 0.274 e. The maximum absolute atomic E-state index is 12.8. The highest BCUT2D eigenvalue weighted by atomic mass is 32.2. The zero-order valence-electron chi connectivity index (χ0n) is 13.3. The molecule has 0 atom stereocenters. The number of aromatic nitrogens is 1. The molecule has 0 bridgehead atoms. The molecule has 1 aromatic heterocycles. The van der Waals surface area contributed by atoms with E-state index in [-0.39, 0.29) is 11.5 Å². The van der Waals surface area contributed by atoms with E-state index in [2.05, 4.69) is 4.98 Å². The van der Waals surface area contributed by atoms with E-state index in [1.807, 2.05) is 30.1 Å². The summed E-state index contributed by atoms with van der Waals surface area (Å²) in [6, 6.07) is 12.3. The number of H-pyrrole nitrogens is 1. The Bertz CT molecular complexity index is 718. The van der Waals surface area contributed by atoms with Gasteiger partial charge >= 0.3 is 0 Å². The maximum atomic E-state index is 12.8. The lowest BCUT2D eigenvalue weighted by molar-refractivity contribution is -0.367. The third-order valence-electron chi connectivity index (χ3n) is 3.53. The molecule has 0 radical (unpaired) electrons. The summed E-state index contributed by atoms with van der Waals surface area (Å²) in [7, 11) is -1.81. The van der Waals surface area contributed by atoms with E-state index in [0.29, 0.717) is 18.8 Å². The van der Waals surface area contributed by atoms with Gasteiger partial charge in [-0.2, -0.15) is 0 Å². The fourth-order valence-electron chi connectivity index (χ4n) is 2.28. The molecule has 23 heavy (non-hydrogen) atoms. The van der Waals surface area contributed by atoms with Crippen molar-refractivity contribution in [1.82, 2.24) is 0 Å². The quantitative estimate of drug-likeness (QED) is 0.823. The van der Waals surface area contributed by atoms with Gasteiger partial charge in [-0.1, -0.05) is 18.2 Å². The third-order valence-corrected chi connectivity index (χ3v) is 5.43. The van der Waals surface area contributed by atoms with Crippen LogP contribution in [-0.4, -0.2) is 40.3 Å². The molecule has 2 aromatic rings. The number of sulfonamides is 1. The predicted molar refractivity (Wildman–Crippen MR) is 90.0 cm³/mol. The van der Waals surface area contributed by atoms with Crippen molar-refractivity contribution in [3.05, 3.63) is 48.7 Å². The van der Waals surface area contributed by atoms with Crippen LogP contribution in [0.4, 0.5) is 11.5 Å². The molecule has 0 fully saturated rings. The SMILES string of the molecule is CCN(c1ccccc1)S(=O)(=O)c1ccc(N(C)CCO)[nH+]c1. The van der Waals surface area contributed by atoms with Crippen molar-refractivity contribution in [3.63, 3.8) is 0 Å². The van der Waals surface area contributed by atoms with E-state index < -0.39 is 10.0 Å². The summed E-state index contributed by atoms with van der Waals surface area (Å²) in [5.41, 5.74) is 0.636. The standard InChI is InChI=1S/C16H21N3O3S/c1-3-19(14-7-5-4-6-8-14)23(21,22)15-9-10-16(17-13-15)18(2)11-12-20/h4-10,13,20H,3,11-12H2,1-2H3/p+1. The Balaban J connectivity index is 2.32. The normalized spacial score (nSPS) is 11.3. The number of rotatable bonds is 7. The molecule has 6 nitrogen and oxygen atoms in total. The predicted octanol–water partition coefficient (Wildman–Crippen LogP) is 1.14. The molecule has 0 amide bonds. The number of aliphatic hydroxyl groups is 1. The van der Waals surface area contributed by atoms with Crippen molar-refractivity contribution in [2.24, 2.45) is 0 Å². The molecule has 0 aliphatic heterocycles. The van der Waals surface area contributed by atoms with Gasteiger partial charge in [0.05, 0.1) is 19.3 Å². The van der Waals surface area contributed by atoms with Crippen molar-refractivity contribution < 1.29 is 18.5 Å². The van der Waals surface area contributed by atoms with Crippen LogP contribution in [0.25, 0.3) is 0 Å². The van der Waals surface area contributed by atoms with Crippen LogP contribution in [0.1, 0.15) is 6.92 Å². The van der Waals surface area contributed by atoms with E-state index in [1.165, 1.54) is 10.5 Å². The fraction of sp³-hybridized carbons (Fsp3) is 0.312. The second kappa shape index (κ2) is 7.43. The maximum Gasteiger partial charge on any atom is 0.274 e. The highest BCUT2D eigenvalue weighted by molar-refractivity contribution is 7.92. The fourth-order valence-corrected chi connectivity index (χ4v) is 3.73. The number of likely N-dealkylation sites (N-methyl/N-ethyl adjacent to an activating group) is 1. The average Bonchev–Trinajstić information content (AvgIpc) is 2.56. The molecule has 0 spiro atoms. The van der Waals surface area contributed by atoms with Crippen molar-refractivity contribution in [1.29, 1.82) is 0 Å². The summed E-state index contributed by atoms with van der Waals surface area (Å²) in [4.78, 5) is 4.98. The average molecular weight is 336 g/mol. The van der Waals surface area contributed by atoms with Gasteiger partial charge in [0.15, 0.2) is 0 Å². The van der Waals surface area contributed by atoms with E-state index >= 15 is 0 Å². The second-order valence-corrected chi connectivity index (χ2v) is 6.92. The van der Waals surface area contributed by atoms with Gasteiger partial charge in [-0.05, 0) is 25.1 Å². The molecule has 7 heteroatoms. The highest BCUT2D eigenvalue weighted by Crippen LogP contribution is 2.22. The number of nitrogens with one attached hydrogen (secondary N) is 1. The van der Waals surface area contributed by atoms with Crippen LogP contribution in [0.5, 0.6) is 0 Å². The molecule has 0 aliphatic rings. The number of hydrogen-bond acceptors (Lipinski definition) is 4. The number of benzene rings is 1. The van der Waals surface area contributed by atoms with Gasteiger partial charge in [-0.25, -0.2) is 13.4 Å². The molecule has 2 rings (SSSR count). The van der Waals surface area contributed by atoms with Crippen LogP contribution in [0.15, 0.2) is 53.6 Å². The number of anilines is 2. The number of hydrogen-bond donors (Lipinski definition) is 1. The molecule has 124 valence electrons. The summed E-state index contributed by atoms with van der Waals surface area (Å²) in [6.45, 7) is 2.64. The molecule has 1 heterocycles. The molecule has 1 aromatic carbocycles. The minimum Gasteiger partial charge on any atom is -0.392 e. The van der Waals surface area contributed by atoms with Crippen LogP contribution in [0.3, 0.4) is 0 Å². The Kier molecular flexibility index (Phi) is 5.57. The van der Waals surface area contributed by atoms with Gasteiger partial charge in [0.1, 0.15) is 17.6 Å². The molecular formula is C16H22N3O3S+. The first-order valence-electron chi connectivity index (χ1n) is 7.42. The topological polar surface area (TPSA) is 75.0 Å². The Labute approximate surface area is 137 Å². The van der Waals surface area contributed by atoms with Gasteiger partial charge in [0, 0.05) is 12.6 Å². The Morgan fingerprint density at radius 3 is 2.35 bits per heavy atom. The van der Waals surface area contributed by atoms with Gasteiger partial charge < -0.3 is 5.11 Å². The van der Waals surface area contributed by atoms with E-state index in [9.17, 15) is 8.42 Å². The van der Waals surface area contributed by atoms with Gasteiger partial charge in [-0.15, -0.1) is 0 Å². The molecule has 0 aliphatic carbocycles. The zero-order chi connectivity index (χ0) is 16.9. The summed E-state index contributed by atoms with van der Waals surface area (Å²) < 4.78 is 27.0. The molecule has 0 saturated carbocycles. The minimum atomic E-state index is -3.62. The van der Waals surface area contributed by atoms with Crippen molar-refractivity contribution in [2.45, 2.75) is 11.8 Å². The summed E-state index contributed by atoms with van der Waals surface area (Å²) >= 11 is 0. The lowest BCUT2D eigenvalue weighted by Crippen LogP contribution is -2.32. The summed E-state index contributed by atoms with van der Waals surface area (Å²) in [5, 5.41) is 8.95. The number of pyridine rings is 1. The van der Waals surface area contributed by atoms with Gasteiger partial charge in [0.2, 0.25) is 0 Å². The van der Waals surface area contributed by atoms with Crippen molar-refractivity contribution >= 4 is 21.5 Å². The van der Waals surface area contributed by atoms with Crippen molar-refractivity contribution in [2.75, 3.05) is 35.9 Å². The second-order valence-electron chi connectivity index (χ2n) is 5.06. The highest BCUT2D eigenvalue weighted by Gasteiger charge is 2.25. The van der Waals surface area contributed by atoms with E-state index in [1.54, 1.807) is 31.2 Å². The van der Waals surface area contributed by atoms with Crippen LogP contribution in [0, 0.1) is 0 Å². The van der Waals surface area contributed by atoms with Crippen LogP contribution in [0.2, 0.25) is 0 Å². The largest absolute Gasteiger partial charge is 0.392 e. The van der Waals surface area contributed by atoms with Crippen LogP contribution in [-0.2, 0) is 10.0 Å². The molecule has 2 N–H and O–H groups in total. The van der Waals surface area contributed by atoms with Gasteiger partial charge in [-0.3, -0.25) is 9.21 Å². The summed E-state index contributed by atoms with van der Waals surface area (Å²) in [5.74, 6) is 0.737. The summed E-state index contributed by atoms with van der Waals surface area (Å²) in [6.07, 6.45) is 1.48. The lowest BCUT2D eigenvalue weighted by Gasteiger charge is -2.22. The van der Waals surface area contributed by atoms with Crippen LogP contribution >= 0.6 is 0 Å². The first-order valence-corrected chi connectivity index (χ1v) is 8.86. The third kappa shape index (κ3) is 3.80. The number of aromatic amines is 1. The molecular weight excluding hydrogens is 314 g/mol. The Hall–Kier alpha value is -2.12. The van der Waals surface area contributed by atoms with E-state index in [0.717, 1.165) is 5.82 Å². The molecule has 0 saturated heterocycles. The Morgan fingerprint density at radius 2 is 1.83 bits per heavy atom. The molecule has 0 unspecified atom stereocenters. The van der Waals surface area contributed by atoms with E-state index in [4.69, 9.17) is 5.11 Å². The van der Waals surface area contributed by atoms with Crippen molar-refractivity contribution in [3.8, 4) is 0 Å². The lowest BCUT2D eigenvalue weighted by atomic mass is 10.3. The van der Waals surface area contributed by atoms with Gasteiger partial charge in [0.25, 0.3) is 15.8 Å². The minimum absolute atomic E-state index is 0.0298. The number of aliphatic hydroxyl groups excluding tert-OH is 1. The number of nitrogens with zero attached hydrogens (tertiary/aromatic N) is 2. The zero-order valence-corrected chi connectivity index (χ0v) is 14.1. The number of para-hydroxylation sites is 1. The first kappa shape index (κ1) is 17.2. The van der Waals surface area contributed by atoms with Crippen LogP contribution < -0.4 is 14.2 Å².